The van der Waals surface area contributed by atoms with E-state index in [1.807, 2.05) is 50.2 Å². The van der Waals surface area contributed by atoms with E-state index in [0.717, 1.165) is 23.8 Å². The smallest absolute Gasteiger partial charge is 0.206 e. The van der Waals surface area contributed by atoms with Crippen LogP contribution in [0.15, 0.2) is 62.4 Å². The number of benzene rings is 2. The van der Waals surface area contributed by atoms with E-state index in [-0.39, 0.29) is 5.43 Å². The maximum atomic E-state index is 12.9. The molecule has 0 unspecified atom stereocenters. The van der Waals surface area contributed by atoms with Crippen LogP contribution in [0.1, 0.15) is 23.3 Å². The van der Waals surface area contributed by atoms with Crippen molar-refractivity contribution in [2.24, 2.45) is 0 Å². The van der Waals surface area contributed by atoms with Crippen molar-refractivity contribution >= 4 is 21.9 Å². The molecule has 0 fully saturated rings. The lowest BCUT2D eigenvalue weighted by Crippen LogP contribution is -2.14. The summed E-state index contributed by atoms with van der Waals surface area (Å²) in [4.78, 5) is 14.8. The standard InChI is InChI=1S/C24H25NO4/c1-16-19-11-13-28-22(19)24(27-12-7-10-17-8-5-4-6-9-17)23-21(16)20(26)14-18(29-23)15-25(2)3/h4-6,8-9,11,13-14H,7,10,12,15H2,1-3H3. The van der Waals surface area contributed by atoms with Gasteiger partial charge in [-0.3, -0.25) is 4.79 Å². The number of nitrogens with zero attached hydrogens (tertiary/aromatic N) is 1. The van der Waals surface area contributed by atoms with Gasteiger partial charge in [-0.1, -0.05) is 30.3 Å². The molecule has 0 radical (unpaired) electrons. The van der Waals surface area contributed by atoms with Crippen molar-refractivity contribution in [3.8, 4) is 5.75 Å². The van der Waals surface area contributed by atoms with Crippen LogP contribution in [0.2, 0.25) is 0 Å². The number of rotatable bonds is 7. The average molecular weight is 391 g/mol. The van der Waals surface area contributed by atoms with E-state index in [2.05, 4.69) is 12.1 Å². The summed E-state index contributed by atoms with van der Waals surface area (Å²) < 4.78 is 18.0. The van der Waals surface area contributed by atoms with Crippen LogP contribution in [0.3, 0.4) is 0 Å². The molecular weight excluding hydrogens is 366 g/mol. The third-order valence-corrected chi connectivity index (χ3v) is 5.03. The molecule has 0 atom stereocenters. The monoisotopic (exact) mass is 391 g/mol. The Bertz CT molecular complexity index is 1190. The molecule has 0 saturated carbocycles. The van der Waals surface area contributed by atoms with Crippen molar-refractivity contribution in [1.29, 1.82) is 0 Å². The molecule has 4 rings (SSSR count). The van der Waals surface area contributed by atoms with Crippen LogP contribution < -0.4 is 10.2 Å². The highest BCUT2D eigenvalue weighted by Gasteiger charge is 2.20. The minimum absolute atomic E-state index is 0.0576. The molecule has 5 nitrogen and oxygen atoms in total. The van der Waals surface area contributed by atoms with Gasteiger partial charge in [0, 0.05) is 11.5 Å². The van der Waals surface area contributed by atoms with Gasteiger partial charge in [-0.25, -0.2) is 0 Å². The van der Waals surface area contributed by atoms with Crippen LogP contribution in [0, 0.1) is 6.92 Å². The van der Waals surface area contributed by atoms with Crippen LogP contribution in [-0.4, -0.2) is 25.6 Å². The summed E-state index contributed by atoms with van der Waals surface area (Å²) in [6, 6.07) is 13.7. The van der Waals surface area contributed by atoms with Crippen LogP contribution in [0.25, 0.3) is 21.9 Å². The SMILES string of the molecule is Cc1c2ccoc2c(OCCCc2ccccc2)c2oc(CN(C)C)cc(=O)c12. The summed E-state index contributed by atoms with van der Waals surface area (Å²) in [5.41, 5.74) is 3.16. The Balaban J connectivity index is 1.71. The molecule has 4 aromatic rings. The van der Waals surface area contributed by atoms with E-state index < -0.39 is 0 Å². The molecule has 2 aromatic carbocycles. The van der Waals surface area contributed by atoms with E-state index >= 15 is 0 Å². The first-order valence-electron chi connectivity index (χ1n) is 9.82. The highest BCUT2D eigenvalue weighted by molar-refractivity contribution is 6.03. The van der Waals surface area contributed by atoms with E-state index in [0.29, 0.717) is 41.2 Å². The molecule has 0 amide bonds. The van der Waals surface area contributed by atoms with E-state index in [9.17, 15) is 4.79 Å². The van der Waals surface area contributed by atoms with E-state index in [1.54, 1.807) is 12.3 Å². The average Bonchev–Trinajstić information content (AvgIpc) is 3.17. The number of furan rings is 1. The first kappa shape index (κ1) is 19.3. The fraction of sp³-hybridized carbons (Fsp3) is 0.292. The zero-order valence-electron chi connectivity index (χ0n) is 17.0. The summed E-state index contributed by atoms with van der Waals surface area (Å²) >= 11 is 0. The topological polar surface area (TPSA) is 55.8 Å². The number of ether oxygens (including phenoxy) is 1. The Hall–Kier alpha value is -3.05. The van der Waals surface area contributed by atoms with Crippen LogP contribution in [-0.2, 0) is 13.0 Å². The summed E-state index contributed by atoms with van der Waals surface area (Å²) in [6.45, 7) is 2.96. The lowest BCUT2D eigenvalue weighted by molar-refractivity contribution is 0.304. The van der Waals surface area contributed by atoms with Gasteiger partial charge in [0.05, 0.1) is 24.8 Å². The molecule has 0 spiro atoms. The second-order valence-electron chi connectivity index (χ2n) is 7.57. The van der Waals surface area contributed by atoms with Crippen molar-refractivity contribution < 1.29 is 13.6 Å². The van der Waals surface area contributed by atoms with Crippen LogP contribution in [0.5, 0.6) is 5.75 Å². The number of hydrogen-bond acceptors (Lipinski definition) is 5. The van der Waals surface area contributed by atoms with Crippen molar-refractivity contribution in [1.82, 2.24) is 4.90 Å². The van der Waals surface area contributed by atoms with Gasteiger partial charge in [0.25, 0.3) is 0 Å². The fourth-order valence-electron chi connectivity index (χ4n) is 3.69. The molecule has 0 bridgehead atoms. The lowest BCUT2D eigenvalue weighted by atomic mass is 10.0. The Morgan fingerprint density at radius 3 is 2.62 bits per heavy atom. The predicted molar refractivity (Wildman–Crippen MR) is 115 cm³/mol. The molecule has 2 heterocycles. The van der Waals surface area contributed by atoms with Crippen molar-refractivity contribution in [3.05, 3.63) is 75.8 Å². The summed E-state index contributed by atoms with van der Waals surface area (Å²) in [5, 5.41) is 1.43. The first-order valence-corrected chi connectivity index (χ1v) is 9.82. The van der Waals surface area contributed by atoms with Gasteiger partial charge < -0.3 is 18.5 Å². The Morgan fingerprint density at radius 1 is 1.07 bits per heavy atom. The van der Waals surface area contributed by atoms with Gasteiger partial charge in [-0.2, -0.15) is 0 Å². The van der Waals surface area contributed by atoms with E-state index in [4.69, 9.17) is 13.6 Å². The quantitative estimate of drug-likeness (QED) is 0.419. The molecule has 2 aromatic heterocycles. The van der Waals surface area contributed by atoms with Gasteiger partial charge in [0.15, 0.2) is 16.6 Å². The molecule has 29 heavy (non-hydrogen) atoms. The number of fused-ring (bicyclic) bond motifs is 2. The molecule has 150 valence electrons. The largest absolute Gasteiger partial charge is 0.486 e. The zero-order valence-corrected chi connectivity index (χ0v) is 17.0. The lowest BCUT2D eigenvalue weighted by Gasteiger charge is -2.14. The molecule has 0 aliphatic carbocycles. The fourth-order valence-corrected chi connectivity index (χ4v) is 3.69. The van der Waals surface area contributed by atoms with Gasteiger partial charge in [-0.15, -0.1) is 0 Å². The summed E-state index contributed by atoms with van der Waals surface area (Å²) in [5.74, 6) is 1.11. The van der Waals surface area contributed by atoms with Crippen LogP contribution >= 0.6 is 0 Å². The molecule has 0 aliphatic heterocycles. The maximum Gasteiger partial charge on any atom is 0.206 e. The first-order chi connectivity index (χ1) is 14.0. The molecule has 0 saturated heterocycles. The summed E-state index contributed by atoms with van der Waals surface area (Å²) in [6.07, 6.45) is 3.39. The molecular formula is C24H25NO4. The molecule has 0 aliphatic rings. The minimum atomic E-state index is -0.0576. The van der Waals surface area contributed by atoms with E-state index in [1.165, 1.54) is 5.56 Å². The minimum Gasteiger partial charge on any atom is -0.486 e. The second-order valence-corrected chi connectivity index (χ2v) is 7.57. The Morgan fingerprint density at radius 2 is 1.86 bits per heavy atom. The van der Waals surface area contributed by atoms with Crippen molar-refractivity contribution in [3.63, 3.8) is 0 Å². The van der Waals surface area contributed by atoms with Crippen LogP contribution in [0.4, 0.5) is 0 Å². The predicted octanol–water partition coefficient (Wildman–Crippen LogP) is 4.92. The maximum absolute atomic E-state index is 12.9. The Kier molecular flexibility index (Phi) is 5.41. The number of aryl methyl sites for hydroxylation is 2. The third kappa shape index (κ3) is 3.91. The summed E-state index contributed by atoms with van der Waals surface area (Å²) in [7, 11) is 3.87. The van der Waals surface area contributed by atoms with Crippen molar-refractivity contribution in [2.75, 3.05) is 20.7 Å². The van der Waals surface area contributed by atoms with Gasteiger partial charge in [0.1, 0.15) is 5.76 Å². The Labute approximate surface area is 169 Å². The second kappa shape index (κ2) is 8.13. The van der Waals surface area contributed by atoms with Gasteiger partial charge >= 0.3 is 0 Å². The molecule has 5 heteroatoms. The highest BCUT2D eigenvalue weighted by atomic mass is 16.5. The third-order valence-electron chi connectivity index (χ3n) is 5.03. The molecule has 0 N–H and O–H groups in total. The van der Waals surface area contributed by atoms with Gasteiger partial charge in [0.2, 0.25) is 5.75 Å². The van der Waals surface area contributed by atoms with Gasteiger partial charge in [-0.05, 0) is 51.1 Å². The zero-order chi connectivity index (χ0) is 20.4. The highest BCUT2D eigenvalue weighted by Crippen LogP contribution is 2.38. The normalized spacial score (nSPS) is 11.6. The number of hydrogen-bond donors (Lipinski definition) is 0. The van der Waals surface area contributed by atoms with Crippen molar-refractivity contribution in [2.45, 2.75) is 26.3 Å².